The van der Waals surface area contributed by atoms with E-state index in [0.29, 0.717) is 0 Å². The van der Waals surface area contributed by atoms with Gasteiger partial charge in [0.1, 0.15) is 5.75 Å². The number of hydrogen-bond donors (Lipinski definition) is 1. The van der Waals surface area contributed by atoms with Crippen LogP contribution in [0.25, 0.3) is 11.3 Å². The standard InChI is InChI=1S/C17H24N2O2/c1-12-6-7-13(10-14(12)20-5)15-11-18-16(21-15)8-9-19-17(2,3)4/h6-7,10-11,19H,8-9H2,1-5H3. The zero-order valence-electron chi connectivity index (χ0n) is 13.5. The van der Waals surface area contributed by atoms with Crippen LogP contribution in [0.4, 0.5) is 0 Å². The van der Waals surface area contributed by atoms with Gasteiger partial charge in [0.25, 0.3) is 0 Å². The Balaban J connectivity index is 2.06. The van der Waals surface area contributed by atoms with Crippen molar-refractivity contribution in [2.24, 2.45) is 0 Å². The SMILES string of the molecule is COc1cc(-c2cnc(CCNC(C)(C)C)o2)ccc1C. The molecule has 4 nitrogen and oxygen atoms in total. The van der Waals surface area contributed by atoms with E-state index in [2.05, 4.69) is 31.1 Å². The average molecular weight is 288 g/mol. The summed E-state index contributed by atoms with van der Waals surface area (Å²) < 4.78 is 11.2. The predicted molar refractivity (Wildman–Crippen MR) is 84.7 cm³/mol. The zero-order chi connectivity index (χ0) is 15.5. The summed E-state index contributed by atoms with van der Waals surface area (Å²) >= 11 is 0. The molecule has 0 aliphatic carbocycles. The van der Waals surface area contributed by atoms with Crippen LogP contribution >= 0.6 is 0 Å². The summed E-state index contributed by atoms with van der Waals surface area (Å²) in [5.74, 6) is 2.39. The van der Waals surface area contributed by atoms with Gasteiger partial charge in [0.05, 0.1) is 13.3 Å². The van der Waals surface area contributed by atoms with Gasteiger partial charge in [-0.15, -0.1) is 0 Å². The van der Waals surface area contributed by atoms with Crippen LogP contribution < -0.4 is 10.1 Å². The van der Waals surface area contributed by atoms with E-state index in [4.69, 9.17) is 9.15 Å². The van der Waals surface area contributed by atoms with Gasteiger partial charge in [-0.2, -0.15) is 0 Å². The van der Waals surface area contributed by atoms with E-state index in [1.165, 1.54) is 0 Å². The lowest BCUT2D eigenvalue weighted by atomic mass is 10.1. The quantitative estimate of drug-likeness (QED) is 0.913. The summed E-state index contributed by atoms with van der Waals surface area (Å²) in [4.78, 5) is 4.34. The fraction of sp³-hybridized carbons (Fsp3) is 0.471. The molecule has 0 saturated carbocycles. The molecule has 1 heterocycles. The van der Waals surface area contributed by atoms with E-state index < -0.39 is 0 Å². The van der Waals surface area contributed by atoms with Crippen LogP contribution in [0.15, 0.2) is 28.8 Å². The summed E-state index contributed by atoms with van der Waals surface area (Å²) in [7, 11) is 1.68. The van der Waals surface area contributed by atoms with Gasteiger partial charge >= 0.3 is 0 Å². The molecule has 1 aromatic heterocycles. The molecule has 2 aromatic rings. The van der Waals surface area contributed by atoms with Crippen LogP contribution in [-0.2, 0) is 6.42 Å². The van der Waals surface area contributed by atoms with Gasteiger partial charge in [0.15, 0.2) is 11.7 Å². The summed E-state index contributed by atoms with van der Waals surface area (Å²) in [6.07, 6.45) is 2.55. The topological polar surface area (TPSA) is 47.3 Å². The molecule has 0 amide bonds. The van der Waals surface area contributed by atoms with Crippen molar-refractivity contribution in [1.29, 1.82) is 0 Å². The van der Waals surface area contributed by atoms with E-state index in [-0.39, 0.29) is 5.54 Å². The van der Waals surface area contributed by atoms with Gasteiger partial charge in [-0.1, -0.05) is 12.1 Å². The molecule has 0 bridgehead atoms. The molecule has 0 fully saturated rings. The van der Waals surface area contributed by atoms with Crippen molar-refractivity contribution >= 4 is 0 Å². The number of nitrogens with one attached hydrogen (secondary N) is 1. The Hall–Kier alpha value is -1.81. The molecule has 0 radical (unpaired) electrons. The van der Waals surface area contributed by atoms with Crippen molar-refractivity contribution in [2.75, 3.05) is 13.7 Å². The zero-order valence-corrected chi connectivity index (χ0v) is 13.5. The third kappa shape index (κ3) is 4.33. The van der Waals surface area contributed by atoms with E-state index in [0.717, 1.165) is 41.5 Å². The highest BCUT2D eigenvalue weighted by Gasteiger charge is 2.11. The van der Waals surface area contributed by atoms with E-state index in [9.17, 15) is 0 Å². The molecule has 0 saturated heterocycles. The first-order valence-electron chi connectivity index (χ1n) is 7.24. The largest absolute Gasteiger partial charge is 0.496 e. The van der Waals surface area contributed by atoms with Gasteiger partial charge in [0, 0.05) is 24.1 Å². The lowest BCUT2D eigenvalue weighted by Crippen LogP contribution is -2.37. The van der Waals surface area contributed by atoms with Crippen LogP contribution in [0.3, 0.4) is 0 Å². The number of hydrogen-bond acceptors (Lipinski definition) is 4. The molecule has 0 spiro atoms. The third-order valence-corrected chi connectivity index (χ3v) is 3.24. The third-order valence-electron chi connectivity index (χ3n) is 3.24. The normalized spacial score (nSPS) is 11.7. The first-order chi connectivity index (χ1) is 9.89. The fourth-order valence-electron chi connectivity index (χ4n) is 2.08. The van der Waals surface area contributed by atoms with Crippen molar-refractivity contribution in [3.05, 3.63) is 35.9 Å². The molecule has 1 aromatic carbocycles. The smallest absolute Gasteiger partial charge is 0.196 e. The van der Waals surface area contributed by atoms with Gasteiger partial charge < -0.3 is 14.5 Å². The minimum Gasteiger partial charge on any atom is -0.496 e. The molecule has 1 N–H and O–H groups in total. The molecule has 0 aliphatic heterocycles. The van der Waals surface area contributed by atoms with Crippen molar-refractivity contribution < 1.29 is 9.15 Å². The Morgan fingerprint density at radius 3 is 2.71 bits per heavy atom. The highest BCUT2D eigenvalue weighted by molar-refractivity contribution is 5.60. The van der Waals surface area contributed by atoms with Crippen molar-refractivity contribution in [3.8, 4) is 17.1 Å². The summed E-state index contributed by atoms with van der Waals surface area (Å²) in [6.45, 7) is 9.30. The second kappa shape index (κ2) is 6.31. The summed E-state index contributed by atoms with van der Waals surface area (Å²) in [5, 5.41) is 3.43. The number of aryl methyl sites for hydroxylation is 1. The molecule has 0 unspecified atom stereocenters. The maximum absolute atomic E-state index is 5.82. The maximum atomic E-state index is 5.82. The molecule has 4 heteroatoms. The number of benzene rings is 1. The highest BCUT2D eigenvalue weighted by atomic mass is 16.5. The number of oxazole rings is 1. The van der Waals surface area contributed by atoms with Gasteiger partial charge in [-0.05, 0) is 39.3 Å². The van der Waals surface area contributed by atoms with Crippen LogP contribution in [-0.4, -0.2) is 24.2 Å². The molecule has 21 heavy (non-hydrogen) atoms. The van der Waals surface area contributed by atoms with E-state index in [1.807, 2.05) is 25.1 Å². The Labute approximate surface area is 126 Å². The van der Waals surface area contributed by atoms with Gasteiger partial charge in [-0.3, -0.25) is 0 Å². The first kappa shape index (κ1) is 15.6. The second-order valence-corrected chi connectivity index (χ2v) is 6.23. The van der Waals surface area contributed by atoms with Gasteiger partial charge in [-0.25, -0.2) is 4.98 Å². The molecule has 0 aliphatic rings. The maximum Gasteiger partial charge on any atom is 0.196 e. The molecule has 114 valence electrons. The summed E-state index contributed by atoms with van der Waals surface area (Å²) in [5.41, 5.74) is 2.20. The Kier molecular flexibility index (Phi) is 4.68. The fourth-order valence-corrected chi connectivity index (χ4v) is 2.08. The van der Waals surface area contributed by atoms with Crippen LogP contribution in [0.5, 0.6) is 5.75 Å². The van der Waals surface area contributed by atoms with E-state index >= 15 is 0 Å². The molecule has 0 atom stereocenters. The minimum atomic E-state index is 0.111. The van der Waals surface area contributed by atoms with Crippen LogP contribution in [0, 0.1) is 6.92 Å². The van der Waals surface area contributed by atoms with Crippen LogP contribution in [0.2, 0.25) is 0 Å². The number of ether oxygens (including phenoxy) is 1. The predicted octanol–water partition coefficient (Wildman–Crippen LogP) is 3.59. The number of methoxy groups -OCH3 is 1. The molecule has 2 rings (SSSR count). The highest BCUT2D eigenvalue weighted by Crippen LogP contribution is 2.27. The van der Waals surface area contributed by atoms with Crippen molar-refractivity contribution in [2.45, 2.75) is 39.7 Å². The Bertz CT molecular complexity index is 597. The van der Waals surface area contributed by atoms with E-state index in [1.54, 1.807) is 13.3 Å². The lowest BCUT2D eigenvalue weighted by Gasteiger charge is -2.19. The van der Waals surface area contributed by atoms with Crippen molar-refractivity contribution in [1.82, 2.24) is 10.3 Å². The average Bonchev–Trinajstić information content (AvgIpc) is 2.86. The minimum absolute atomic E-state index is 0.111. The van der Waals surface area contributed by atoms with Crippen molar-refractivity contribution in [3.63, 3.8) is 0 Å². The second-order valence-electron chi connectivity index (χ2n) is 6.23. The first-order valence-corrected chi connectivity index (χ1v) is 7.24. The molecular formula is C17H24N2O2. The lowest BCUT2D eigenvalue weighted by molar-refractivity contribution is 0.409. The summed E-state index contributed by atoms with van der Waals surface area (Å²) in [6, 6.07) is 6.03. The van der Waals surface area contributed by atoms with Crippen LogP contribution in [0.1, 0.15) is 32.2 Å². The Morgan fingerprint density at radius 2 is 2.05 bits per heavy atom. The Morgan fingerprint density at radius 1 is 1.29 bits per heavy atom. The number of rotatable bonds is 5. The number of nitrogens with zero attached hydrogens (tertiary/aromatic N) is 1. The number of aromatic nitrogens is 1. The monoisotopic (exact) mass is 288 g/mol. The van der Waals surface area contributed by atoms with Gasteiger partial charge in [0.2, 0.25) is 0 Å². The molecular weight excluding hydrogens is 264 g/mol.